The van der Waals surface area contributed by atoms with Crippen molar-refractivity contribution in [1.82, 2.24) is 4.90 Å². The zero-order valence-corrected chi connectivity index (χ0v) is 19.4. The molecule has 31 heavy (non-hydrogen) atoms. The average Bonchev–Trinajstić information content (AvgIpc) is 2.80. The second kappa shape index (κ2) is 10.6. The molecule has 2 fully saturated rings. The maximum absolute atomic E-state index is 6.33. The molecular weight excluding hydrogens is 394 g/mol. The predicted octanol–water partition coefficient (Wildman–Crippen LogP) is 3.06. The summed E-state index contributed by atoms with van der Waals surface area (Å²) >= 11 is 0. The molecule has 6 nitrogen and oxygen atoms in total. The topological polar surface area (TPSA) is 49.4 Å². The van der Waals surface area contributed by atoms with E-state index in [4.69, 9.17) is 23.7 Å². The fraction of sp³-hybridized carbons (Fsp3) is 0.760. The third-order valence-corrected chi connectivity index (χ3v) is 7.71. The maximum atomic E-state index is 6.33. The van der Waals surface area contributed by atoms with Crippen molar-refractivity contribution in [2.45, 2.75) is 49.7 Å². The second-order valence-electron chi connectivity index (χ2n) is 9.28. The Kier molecular flexibility index (Phi) is 7.88. The zero-order valence-electron chi connectivity index (χ0n) is 19.4. The third-order valence-electron chi connectivity index (χ3n) is 7.71. The van der Waals surface area contributed by atoms with Crippen molar-refractivity contribution in [3.05, 3.63) is 29.3 Å². The van der Waals surface area contributed by atoms with Gasteiger partial charge in [0.05, 0.1) is 52.9 Å². The molecule has 0 amide bonds. The molecule has 1 aromatic rings. The summed E-state index contributed by atoms with van der Waals surface area (Å²) in [6.45, 7) is 4.88. The number of methoxy groups -OCH3 is 2. The fourth-order valence-corrected chi connectivity index (χ4v) is 6.17. The fourth-order valence-electron chi connectivity index (χ4n) is 6.17. The monoisotopic (exact) mass is 433 g/mol. The number of fused-ring (bicyclic) bond motifs is 1. The molecule has 6 heteroatoms. The van der Waals surface area contributed by atoms with E-state index in [9.17, 15) is 0 Å². The molecule has 2 bridgehead atoms. The summed E-state index contributed by atoms with van der Waals surface area (Å²) in [5, 5.41) is 0. The van der Waals surface area contributed by atoms with Crippen molar-refractivity contribution in [1.29, 1.82) is 0 Å². The Hall–Kier alpha value is -1.18. The Morgan fingerprint density at radius 1 is 1.00 bits per heavy atom. The summed E-state index contributed by atoms with van der Waals surface area (Å²) in [6, 6.07) is 7.39. The van der Waals surface area contributed by atoms with Gasteiger partial charge in [-0.3, -0.25) is 0 Å². The second-order valence-corrected chi connectivity index (χ2v) is 9.28. The minimum Gasteiger partial charge on any atom is -0.497 e. The van der Waals surface area contributed by atoms with Crippen molar-refractivity contribution >= 4 is 0 Å². The SMILES string of the molecule is COCCOCCOCCO[C@@H]1CCC2[C@H]3Cc4ccc(OC)cc4[C@@]2(CCN3C)C1. The lowest BCUT2D eigenvalue weighted by Crippen LogP contribution is -2.61. The van der Waals surface area contributed by atoms with Crippen LogP contribution in [-0.4, -0.2) is 84.5 Å². The highest BCUT2D eigenvalue weighted by atomic mass is 16.6. The van der Waals surface area contributed by atoms with E-state index >= 15 is 0 Å². The van der Waals surface area contributed by atoms with Crippen LogP contribution in [0.4, 0.5) is 0 Å². The summed E-state index contributed by atoms with van der Waals surface area (Å²) in [6.07, 6.45) is 6.18. The lowest BCUT2D eigenvalue weighted by molar-refractivity contribution is -0.0771. The molecular formula is C25H39NO5. The number of rotatable bonds is 11. The zero-order chi connectivity index (χ0) is 21.7. The minimum absolute atomic E-state index is 0.220. The summed E-state index contributed by atoms with van der Waals surface area (Å²) < 4.78 is 28.0. The number of likely N-dealkylation sites (N-methyl/N-ethyl adjacent to an activating group) is 1. The molecule has 1 aromatic carbocycles. The van der Waals surface area contributed by atoms with Crippen molar-refractivity contribution in [2.75, 3.05) is 67.5 Å². The highest BCUT2D eigenvalue weighted by Crippen LogP contribution is 2.56. The Balaban J connectivity index is 1.35. The first kappa shape index (κ1) is 23.0. The van der Waals surface area contributed by atoms with Gasteiger partial charge in [0.2, 0.25) is 0 Å². The van der Waals surface area contributed by atoms with E-state index in [1.807, 2.05) is 0 Å². The van der Waals surface area contributed by atoms with Crippen molar-refractivity contribution in [2.24, 2.45) is 5.92 Å². The Bertz CT molecular complexity index is 713. The first-order valence-corrected chi connectivity index (χ1v) is 11.8. The molecule has 3 aliphatic rings. The molecule has 1 aliphatic heterocycles. The molecule has 4 atom stereocenters. The molecule has 1 saturated carbocycles. The Labute approximate surface area is 187 Å². The van der Waals surface area contributed by atoms with Crippen LogP contribution in [0.15, 0.2) is 18.2 Å². The summed E-state index contributed by atoms with van der Waals surface area (Å²) in [5.41, 5.74) is 3.25. The number of likely N-dealkylation sites (tertiary alicyclic amines) is 1. The molecule has 2 aliphatic carbocycles. The molecule has 0 radical (unpaired) electrons. The number of nitrogens with zero attached hydrogens (tertiary/aromatic N) is 1. The van der Waals surface area contributed by atoms with E-state index in [-0.39, 0.29) is 5.41 Å². The van der Waals surface area contributed by atoms with Crippen LogP contribution < -0.4 is 4.74 Å². The van der Waals surface area contributed by atoms with Gasteiger partial charge in [-0.05, 0) is 74.9 Å². The summed E-state index contributed by atoms with van der Waals surface area (Å²) in [7, 11) is 5.76. The number of hydrogen-bond acceptors (Lipinski definition) is 6. The normalized spacial score (nSPS) is 30.0. The third kappa shape index (κ3) is 4.93. The van der Waals surface area contributed by atoms with Crippen LogP contribution in [-0.2, 0) is 30.8 Å². The highest BCUT2D eigenvalue weighted by Gasteiger charge is 2.55. The van der Waals surface area contributed by atoms with Gasteiger partial charge in [0, 0.05) is 18.6 Å². The molecule has 1 heterocycles. The van der Waals surface area contributed by atoms with Gasteiger partial charge in [-0.2, -0.15) is 0 Å². The minimum atomic E-state index is 0.220. The predicted molar refractivity (Wildman–Crippen MR) is 120 cm³/mol. The Morgan fingerprint density at radius 3 is 2.55 bits per heavy atom. The lowest BCUT2D eigenvalue weighted by atomic mass is 9.52. The lowest BCUT2D eigenvalue weighted by Gasteiger charge is -2.59. The quantitative estimate of drug-likeness (QED) is 0.500. The van der Waals surface area contributed by atoms with Gasteiger partial charge >= 0.3 is 0 Å². The van der Waals surface area contributed by atoms with Crippen molar-refractivity contribution < 1.29 is 23.7 Å². The van der Waals surface area contributed by atoms with Crippen molar-refractivity contribution in [3.63, 3.8) is 0 Å². The van der Waals surface area contributed by atoms with E-state index in [1.165, 1.54) is 24.0 Å². The van der Waals surface area contributed by atoms with E-state index < -0.39 is 0 Å². The number of piperidine rings is 1. The van der Waals surface area contributed by atoms with Gasteiger partial charge in [-0.1, -0.05) is 6.07 Å². The smallest absolute Gasteiger partial charge is 0.119 e. The van der Waals surface area contributed by atoms with Gasteiger partial charge in [-0.15, -0.1) is 0 Å². The van der Waals surface area contributed by atoms with Crippen LogP contribution in [0, 0.1) is 5.92 Å². The van der Waals surface area contributed by atoms with Crippen LogP contribution in [0.25, 0.3) is 0 Å². The van der Waals surface area contributed by atoms with Gasteiger partial charge in [0.15, 0.2) is 0 Å². The highest BCUT2D eigenvalue weighted by molar-refractivity contribution is 5.45. The molecule has 0 spiro atoms. The molecule has 0 aromatic heterocycles. The first-order valence-electron chi connectivity index (χ1n) is 11.8. The van der Waals surface area contributed by atoms with E-state index in [0.717, 1.165) is 31.6 Å². The summed E-state index contributed by atoms with van der Waals surface area (Å²) in [5.74, 6) is 1.69. The van der Waals surface area contributed by atoms with E-state index in [1.54, 1.807) is 14.2 Å². The Morgan fingerprint density at radius 2 is 1.77 bits per heavy atom. The largest absolute Gasteiger partial charge is 0.497 e. The standard InChI is InChI=1S/C25H39NO5/c1-26-9-8-25-18-21(31-15-14-30-13-12-29-11-10-27-2)6-7-22(25)24(26)16-19-4-5-20(28-3)17-23(19)25/h4-5,17,21-22,24H,6-16,18H2,1-3H3/t21-,22?,24-,25+/m1/s1. The van der Waals surface area contributed by atoms with Crippen LogP contribution in [0.5, 0.6) is 5.75 Å². The van der Waals surface area contributed by atoms with Gasteiger partial charge in [-0.25, -0.2) is 0 Å². The number of ether oxygens (including phenoxy) is 5. The number of hydrogen-bond donors (Lipinski definition) is 0. The maximum Gasteiger partial charge on any atom is 0.119 e. The van der Waals surface area contributed by atoms with Crippen molar-refractivity contribution in [3.8, 4) is 5.75 Å². The van der Waals surface area contributed by atoms with Crippen LogP contribution >= 0.6 is 0 Å². The molecule has 1 saturated heterocycles. The van der Waals surface area contributed by atoms with Crippen LogP contribution in [0.3, 0.4) is 0 Å². The first-order chi connectivity index (χ1) is 15.2. The molecule has 0 N–H and O–H groups in total. The van der Waals surface area contributed by atoms with Gasteiger partial charge in [0.1, 0.15) is 5.75 Å². The summed E-state index contributed by atoms with van der Waals surface area (Å²) in [4.78, 5) is 2.60. The number of benzene rings is 1. The van der Waals surface area contributed by atoms with Crippen LogP contribution in [0.1, 0.15) is 36.8 Å². The van der Waals surface area contributed by atoms with E-state index in [0.29, 0.717) is 57.7 Å². The van der Waals surface area contributed by atoms with E-state index in [2.05, 4.69) is 30.1 Å². The van der Waals surface area contributed by atoms with Gasteiger partial charge < -0.3 is 28.6 Å². The molecule has 1 unspecified atom stereocenters. The molecule has 174 valence electrons. The molecule has 4 rings (SSSR count). The van der Waals surface area contributed by atoms with Gasteiger partial charge in [0.25, 0.3) is 0 Å². The average molecular weight is 434 g/mol. The van der Waals surface area contributed by atoms with Crippen LogP contribution in [0.2, 0.25) is 0 Å².